The molecular formula is C17H25N5OS. The van der Waals surface area contributed by atoms with E-state index in [4.69, 9.17) is 4.74 Å². The van der Waals surface area contributed by atoms with Crippen molar-refractivity contribution in [2.75, 3.05) is 37.7 Å². The van der Waals surface area contributed by atoms with Crippen molar-refractivity contribution in [1.82, 2.24) is 20.1 Å². The van der Waals surface area contributed by atoms with E-state index >= 15 is 0 Å². The fraction of sp³-hybridized carbons (Fsp3) is 0.588. The van der Waals surface area contributed by atoms with Crippen LogP contribution in [0.3, 0.4) is 0 Å². The topological polar surface area (TPSA) is 54.4 Å². The standard InChI is InChI=1S/C17H25N5OS/c1-4-22(17-6-5-7-18-20-17)11-15-10-21(8-9-23-15)12-16-13(2)19-14(3)24-16/h5-7,15H,4,8-12H2,1-3H3/t15-/m0/s1. The summed E-state index contributed by atoms with van der Waals surface area (Å²) in [6.07, 6.45) is 1.89. The average Bonchev–Trinajstić information content (AvgIpc) is 2.91. The molecule has 1 aliphatic rings. The molecule has 0 aliphatic carbocycles. The predicted molar refractivity (Wildman–Crippen MR) is 96.5 cm³/mol. The van der Waals surface area contributed by atoms with Gasteiger partial charge in [-0.05, 0) is 32.9 Å². The van der Waals surface area contributed by atoms with E-state index in [0.717, 1.165) is 55.9 Å². The van der Waals surface area contributed by atoms with Gasteiger partial charge in [-0.3, -0.25) is 4.90 Å². The number of aryl methyl sites for hydroxylation is 2. The van der Waals surface area contributed by atoms with E-state index < -0.39 is 0 Å². The summed E-state index contributed by atoms with van der Waals surface area (Å²) in [6, 6.07) is 3.93. The van der Waals surface area contributed by atoms with E-state index in [1.807, 2.05) is 12.1 Å². The molecule has 1 fully saturated rings. The number of anilines is 1. The van der Waals surface area contributed by atoms with E-state index in [1.54, 1.807) is 17.5 Å². The summed E-state index contributed by atoms with van der Waals surface area (Å²) in [6.45, 7) is 11.7. The van der Waals surface area contributed by atoms with Gasteiger partial charge in [0, 0.05) is 43.8 Å². The van der Waals surface area contributed by atoms with Gasteiger partial charge in [-0.2, -0.15) is 5.10 Å². The van der Waals surface area contributed by atoms with Crippen LogP contribution < -0.4 is 4.90 Å². The Balaban J connectivity index is 1.59. The Morgan fingerprint density at radius 2 is 2.29 bits per heavy atom. The molecule has 6 nitrogen and oxygen atoms in total. The lowest BCUT2D eigenvalue weighted by Crippen LogP contribution is -2.47. The van der Waals surface area contributed by atoms with Crippen LogP contribution in [0.15, 0.2) is 18.3 Å². The Hall–Kier alpha value is -1.57. The van der Waals surface area contributed by atoms with Gasteiger partial charge in [-0.15, -0.1) is 16.4 Å². The minimum Gasteiger partial charge on any atom is -0.374 e. The maximum atomic E-state index is 5.99. The van der Waals surface area contributed by atoms with Crippen molar-refractivity contribution in [1.29, 1.82) is 0 Å². The molecule has 1 atom stereocenters. The van der Waals surface area contributed by atoms with Crippen LogP contribution in [0.1, 0.15) is 22.5 Å². The normalized spacial score (nSPS) is 18.7. The molecule has 2 aromatic rings. The number of nitrogens with zero attached hydrogens (tertiary/aromatic N) is 5. The lowest BCUT2D eigenvalue weighted by molar-refractivity contribution is -0.0266. The molecule has 2 aromatic heterocycles. The SMILES string of the molecule is CCN(C[C@@H]1CN(Cc2sc(C)nc2C)CCO1)c1cccnn1. The highest BCUT2D eigenvalue weighted by Crippen LogP contribution is 2.21. The van der Waals surface area contributed by atoms with E-state index in [-0.39, 0.29) is 6.10 Å². The van der Waals surface area contributed by atoms with E-state index in [0.29, 0.717) is 0 Å². The van der Waals surface area contributed by atoms with Crippen LogP contribution in [0, 0.1) is 13.8 Å². The maximum absolute atomic E-state index is 5.99. The number of likely N-dealkylation sites (N-methyl/N-ethyl adjacent to an activating group) is 1. The molecule has 0 amide bonds. The fourth-order valence-corrected chi connectivity index (χ4v) is 4.03. The second-order valence-electron chi connectivity index (χ2n) is 6.09. The van der Waals surface area contributed by atoms with Crippen molar-refractivity contribution in [2.24, 2.45) is 0 Å². The molecule has 7 heteroatoms. The minimum absolute atomic E-state index is 0.190. The summed E-state index contributed by atoms with van der Waals surface area (Å²) in [4.78, 5) is 10.6. The van der Waals surface area contributed by atoms with Gasteiger partial charge < -0.3 is 9.64 Å². The number of hydrogen-bond acceptors (Lipinski definition) is 7. The van der Waals surface area contributed by atoms with Crippen LogP contribution >= 0.6 is 11.3 Å². The molecule has 0 unspecified atom stereocenters. The number of ether oxygens (including phenoxy) is 1. The second-order valence-corrected chi connectivity index (χ2v) is 7.38. The minimum atomic E-state index is 0.190. The third-order valence-electron chi connectivity index (χ3n) is 4.28. The Labute approximate surface area is 147 Å². The highest BCUT2D eigenvalue weighted by Gasteiger charge is 2.24. The molecule has 0 saturated carbocycles. The Bertz CT molecular complexity index is 648. The van der Waals surface area contributed by atoms with Crippen molar-refractivity contribution < 1.29 is 4.74 Å². The third-order valence-corrected chi connectivity index (χ3v) is 5.34. The van der Waals surface area contributed by atoms with Gasteiger partial charge >= 0.3 is 0 Å². The molecule has 0 spiro atoms. The lowest BCUT2D eigenvalue weighted by atomic mass is 10.2. The first-order valence-corrected chi connectivity index (χ1v) is 9.27. The number of hydrogen-bond donors (Lipinski definition) is 0. The van der Waals surface area contributed by atoms with Crippen LogP contribution in [-0.4, -0.2) is 59.0 Å². The van der Waals surface area contributed by atoms with Crippen molar-refractivity contribution in [3.05, 3.63) is 33.9 Å². The van der Waals surface area contributed by atoms with Crippen molar-refractivity contribution in [2.45, 2.75) is 33.4 Å². The summed E-state index contributed by atoms with van der Waals surface area (Å²) in [5.41, 5.74) is 1.16. The zero-order valence-electron chi connectivity index (χ0n) is 14.6. The van der Waals surface area contributed by atoms with E-state index in [1.165, 1.54) is 4.88 Å². The lowest BCUT2D eigenvalue weighted by Gasteiger charge is -2.35. The molecule has 3 rings (SSSR count). The molecule has 0 aromatic carbocycles. The van der Waals surface area contributed by atoms with Gasteiger partial charge in [0.15, 0.2) is 5.82 Å². The van der Waals surface area contributed by atoms with Crippen molar-refractivity contribution in [3.8, 4) is 0 Å². The average molecular weight is 347 g/mol. The van der Waals surface area contributed by atoms with Gasteiger partial charge in [-0.25, -0.2) is 4.98 Å². The first kappa shape index (κ1) is 17.3. The fourth-order valence-electron chi connectivity index (χ4n) is 3.05. The molecule has 1 aliphatic heterocycles. The number of thiazole rings is 1. The largest absolute Gasteiger partial charge is 0.374 e. The number of rotatable bonds is 6. The van der Waals surface area contributed by atoms with Gasteiger partial charge in [-0.1, -0.05) is 0 Å². The van der Waals surface area contributed by atoms with Gasteiger partial charge in [0.05, 0.1) is 23.4 Å². The van der Waals surface area contributed by atoms with Crippen LogP contribution in [0.4, 0.5) is 5.82 Å². The molecule has 0 N–H and O–H groups in total. The number of morpholine rings is 1. The summed E-state index contributed by atoms with van der Waals surface area (Å²) >= 11 is 1.80. The molecule has 0 bridgehead atoms. The van der Waals surface area contributed by atoms with Crippen LogP contribution in [0.2, 0.25) is 0 Å². The highest BCUT2D eigenvalue weighted by molar-refractivity contribution is 7.11. The van der Waals surface area contributed by atoms with Crippen LogP contribution in [0.25, 0.3) is 0 Å². The summed E-state index contributed by atoms with van der Waals surface area (Å²) in [5, 5.41) is 9.34. The quantitative estimate of drug-likeness (QED) is 0.799. The third kappa shape index (κ3) is 4.28. The smallest absolute Gasteiger partial charge is 0.151 e. The summed E-state index contributed by atoms with van der Waals surface area (Å²) in [7, 11) is 0. The van der Waals surface area contributed by atoms with Crippen LogP contribution in [-0.2, 0) is 11.3 Å². The Morgan fingerprint density at radius 3 is 2.96 bits per heavy atom. The van der Waals surface area contributed by atoms with Crippen molar-refractivity contribution >= 4 is 17.2 Å². The molecular weight excluding hydrogens is 322 g/mol. The first-order chi connectivity index (χ1) is 11.7. The maximum Gasteiger partial charge on any atom is 0.151 e. The van der Waals surface area contributed by atoms with Gasteiger partial charge in [0.25, 0.3) is 0 Å². The first-order valence-electron chi connectivity index (χ1n) is 8.45. The molecule has 1 saturated heterocycles. The van der Waals surface area contributed by atoms with Crippen LogP contribution in [0.5, 0.6) is 0 Å². The summed E-state index contributed by atoms with van der Waals surface area (Å²) in [5.74, 6) is 0.912. The zero-order valence-corrected chi connectivity index (χ0v) is 15.4. The predicted octanol–water partition coefficient (Wildman–Crippen LogP) is 2.28. The Morgan fingerprint density at radius 1 is 1.42 bits per heavy atom. The van der Waals surface area contributed by atoms with Crippen molar-refractivity contribution in [3.63, 3.8) is 0 Å². The molecule has 3 heterocycles. The molecule has 0 radical (unpaired) electrons. The monoisotopic (exact) mass is 347 g/mol. The van der Waals surface area contributed by atoms with E-state index in [2.05, 4.69) is 45.8 Å². The number of aromatic nitrogens is 3. The Kier molecular flexibility index (Phi) is 5.76. The molecule has 130 valence electrons. The molecule has 24 heavy (non-hydrogen) atoms. The van der Waals surface area contributed by atoms with E-state index in [9.17, 15) is 0 Å². The van der Waals surface area contributed by atoms with Gasteiger partial charge in [0.1, 0.15) is 0 Å². The highest BCUT2D eigenvalue weighted by atomic mass is 32.1. The zero-order chi connectivity index (χ0) is 16.9. The second kappa shape index (κ2) is 8.00. The summed E-state index contributed by atoms with van der Waals surface area (Å²) < 4.78 is 5.99. The van der Waals surface area contributed by atoms with Gasteiger partial charge in [0.2, 0.25) is 0 Å².